The molecule has 4 N–H and O–H groups in total. The van der Waals surface area contributed by atoms with Crippen molar-refractivity contribution in [1.82, 2.24) is 15.2 Å². The number of nitrogens with one attached hydrogen (secondary N) is 2. The van der Waals surface area contributed by atoms with Crippen molar-refractivity contribution >= 4 is 17.1 Å². The number of non-ortho nitro benzene ring substituents is 1. The molecule has 2 aromatic rings. The van der Waals surface area contributed by atoms with Crippen molar-refractivity contribution in [2.75, 3.05) is 11.1 Å². The molecule has 8 nitrogen and oxygen atoms in total. The van der Waals surface area contributed by atoms with Crippen LogP contribution >= 0.6 is 0 Å². The molecule has 8 heteroatoms. The van der Waals surface area contributed by atoms with Crippen LogP contribution in [-0.2, 0) is 0 Å². The predicted molar refractivity (Wildman–Crippen MR) is 65.9 cm³/mol. The average Bonchev–Trinajstić information content (AvgIpc) is 2.85. The highest BCUT2D eigenvalue weighted by Gasteiger charge is 2.12. The zero-order chi connectivity index (χ0) is 13.1. The molecule has 1 heterocycles. The number of hydrogen-bond donors (Lipinski definition) is 3. The van der Waals surface area contributed by atoms with Gasteiger partial charge in [0, 0.05) is 12.1 Å². The number of aromatic amines is 1. The number of anilines is 2. The molecule has 18 heavy (non-hydrogen) atoms. The molecule has 1 unspecified atom stereocenters. The molecule has 1 aromatic carbocycles. The van der Waals surface area contributed by atoms with Crippen molar-refractivity contribution < 1.29 is 4.92 Å². The van der Waals surface area contributed by atoms with Crippen LogP contribution in [0.3, 0.4) is 0 Å². The molecule has 0 radical (unpaired) electrons. The second kappa shape index (κ2) is 4.70. The van der Waals surface area contributed by atoms with Gasteiger partial charge in [-0.15, -0.1) is 0 Å². The van der Waals surface area contributed by atoms with Gasteiger partial charge in [0.1, 0.15) is 12.2 Å². The van der Waals surface area contributed by atoms with Gasteiger partial charge in [0.05, 0.1) is 22.3 Å². The lowest BCUT2D eigenvalue weighted by molar-refractivity contribution is -0.384. The Morgan fingerprint density at radius 1 is 1.56 bits per heavy atom. The topological polar surface area (TPSA) is 123 Å². The smallest absolute Gasteiger partial charge is 0.271 e. The highest BCUT2D eigenvalue weighted by atomic mass is 16.6. The van der Waals surface area contributed by atoms with Crippen LogP contribution in [0.2, 0.25) is 0 Å². The van der Waals surface area contributed by atoms with E-state index in [0.29, 0.717) is 17.2 Å². The zero-order valence-electron chi connectivity index (χ0n) is 9.62. The summed E-state index contributed by atoms with van der Waals surface area (Å²) in [5.74, 6) is 0.660. The Hall–Kier alpha value is -2.64. The number of aromatic nitrogens is 3. The quantitative estimate of drug-likeness (QED) is 0.427. The lowest BCUT2D eigenvalue weighted by Gasteiger charge is -2.14. The number of nitro groups is 1. The second-order valence-corrected chi connectivity index (χ2v) is 3.77. The van der Waals surface area contributed by atoms with Gasteiger partial charge < -0.3 is 11.1 Å². The Bertz CT molecular complexity index is 554. The molecule has 1 atom stereocenters. The van der Waals surface area contributed by atoms with Gasteiger partial charge in [-0.25, -0.2) is 4.98 Å². The summed E-state index contributed by atoms with van der Waals surface area (Å²) in [6.07, 6.45) is 1.41. The molecule has 0 saturated heterocycles. The van der Waals surface area contributed by atoms with Gasteiger partial charge in [0.2, 0.25) is 0 Å². The molecule has 0 fully saturated rings. The summed E-state index contributed by atoms with van der Waals surface area (Å²) in [6, 6.07) is 4.15. The molecule has 0 amide bonds. The summed E-state index contributed by atoms with van der Waals surface area (Å²) >= 11 is 0. The van der Waals surface area contributed by atoms with Crippen LogP contribution in [0.5, 0.6) is 0 Å². The van der Waals surface area contributed by atoms with Gasteiger partial charge in [0.15, 0.2) is 0 Å². The van der Waals surface area contributed by atoms with E-state index in [-0.39, 0.29) is 11.7 Å². The summed E-state index contributed by atoms with van der Waals surface area (Å²) in [4.78, 5) is 14.1. The highest BCUT2D eigenvalue weighted by molar-refractivity contribution is 5.69. The number of hydrogen-bond acceptors (Lipinski definition) is 6. The Kier molecular flexibility index (Phi) is 3.09. The number of benzene rings is 1. The maximum atomic E-state index is 10.6. The third-order valence-electron chi connectivity index (χ3n) is 2.46. The number of nitro benzene ring substituents is 1. The van der Waals surface area contributed by atoms with Crippen molar-refractivity contribution in [2.45, 2.75) is 13.0 Å². The van der Waals surface area contributed by atoms with Crippen molar-refractivity contribution in [2.24, 2.45) is 0 Å². The third kappa shape index (κ3) is 2.37. The fraction of sp³-hybridized carbons (Fsp3) is 0.200. The average molecular weight is 248 g/mol. The molecular formula is C10H12N6O2. The number of nitrogens with two attached hydrogens (primary N) is 1. The lowest BCUT2D eigenvalue weighted by Crippen LogP contribution is -2.10. The second-order valence-electron chi connectivity index (χ2n) is 3.77. The van der Waals surface area contributed by atoms with Gasteiger partial charge >= 0.3 is 0 Å². The Labute approximate surface area is 102 Å². The zero-order valence-corrected chi connectivity index (χ0v) is 9.62. The van der Waals surface area contributed by atoms with Gasteiger partial charge in [-0.2, -0.15) is 5.10 Å². The minimum absolute atomic E-state index is 0.0367. The van der Waals surface area contributed by atoms with E-state index >= 15 is 0 Å². The molecule has 0 aliphatic heterocycles. The van der Waals surface area contributed by atoms with Crippen LogP contribution in [0.1, 0.15) is 18.8 Å². The Morgan fingerprint density at radius 2 is 2.33 bits per heavy atom. The van der Waals surface area contributed by atoms with Crippen LogP contribution in [0.4, 0.5) is 17.1 Å². The summed E-state index contributed by atoms with van der Waals surface area (Å²) in [6.45, 7) is 1.88. The minimum atomic E-state index is -0.486. The number of H-pyrrole nitrogens is 1. The molecule has 0 aliphatic carbocycles. The van der Waals surface area contributed by atoms with E-state index in [9.17, 15) is 10.1 Å². The van der Waals surface area contributed by atoms with E-state index in [4.69, 9.17) is 5.73 Å². The first-order chi connectivity index (χ1) is 8.58. The maximum absolute atomic E-state index is 10.6. The summed E-state index contributed by atoms with van der Waals surface area (Å²) < 4.78 is 0. The van der Waals surface area contributed by atoms with Crippen LogP contribution < -0.4 is 11.1 Å². The van der Waals surface area contributed by atoms with Gasteiger partial charge in [-0.3, -0.25) is 15.2 Å². The Balaban J connectivity index is 2.17. The first-order valence-corrected chi connectivity index (χ1v) is 5.23. The van der Waals surface area contributed by atoms with Crippen molar-refractivity contribution in [1.29, 1.82) is 0 Å². The van der Waals surface area contributed by atoms with Crippen LogP contribution in [0.15, 0.2) is 24.5 Å². The fourth-order valence-corrected chi connectivity index (χ4v) is 1.52. The maximum Gasteiger partial charge on any atom is 0.271 e. The van der Waals surface area contributed by atoms with Gasteiger partial charge in [-0.1, -0.05) is 0 Å². The molecule has 0 saturated carbocycles. The number of rotatable bonds is 4. The minimum Gasteiger partial charge on any atom is -0.397 e. The van der Waals surface area contributed by atoms with Crippen LogP contribution in [-0.4, -0.2) is 20.1 Å². The highest BCUT2D eigenvalue weighted by Crippen LogP contribution is 2.26. The largest absolute Gasteiger partial charge is 0.397 e. The molecule has 2 rings (SSSR count). The van der Waals surface area contributed by atoms with E-state index in [1.165, 1.54) is 18.5 Å². The van der Waals surface area contributed by atoms with Gasteiger partial charge in [-0.05, 0) is 13.0 Å². The molecule has 0 bridgehead atoms. The monoisotopic (exact) mass is 248 g/mol. The summed E-state index contributed by atoms with van der Waals surface area (Å²) in [5, 5.41) is 20.2. The van der Waals surface area contributed by atoms with Gasteiger partial charge in [0.25, 0.3) is 5.69 Å². The number of nitrogens with zero attached hydrogens (tertiary/aromatic N) is 3. The molecule has 0 aliphatic rings. The van der Waals surface area contributed by atoms with Crippen molar-refractivity contribution in [3.05, 3.63) is 40.5 Å². The normalized spacial score (nSPS) is 12.1. The molecule has 0 spiro atoms. The number of nitrogen functional groups attached to an aromatic ring is 1. The van der Waals surface area contributed by atoms with E-state index in [0.717, 1.165) is 0 Å². The van der Waals surface area contributed by atoms with Crippen LogP contribution in [0.25, 0.3) is 0 Å². The standard InChI is InChI=1S/C10H12N6O2/c1-6(10-12-5-13-15-10)14-9-3-2-7(16(17)18)4-8(9)11/h2-6,14H,11H2,1H3,(H,12,13,15). The Morgan fingerprint density at radius 3 is 2.89 bits per heavy atom. The summed E-state index contributed by atoms with van der Waals surface area (Å²) in [7, 11) is 0. The fourth-order valence-electron chi connectivity index (χ4n) is 1.52. The summed E-state index contributed by atoms with van der Waals surface area (Å²) in [5.41, 5.74) is 6.64. The van der Waals surface area contributed by atoms with Crippen molar-refractivity contribution in [3.63, 3.8) is 0 Å². The van der Waals surface area contributed by atoms with E-state index in [1.54, 1.807) is 6.07 Å². The molecule has 94 valence electrons. The van der Waals surface area contributed by atoms with E-state index in [1.807, 2.05) is 6.92 Å². The third-order valence-corrected chi connectivity index (χ3v) is 2.46. The first-order valence-electron chi connectivity index (χ1n) is 5.23. The predicted octanol–water partition coefficient (Wildman–Crippen LogP) is 1.47. The SMILES string of the molecule is CC(Nc1ccc([N+](=O)[O-])cc1N)c1ncn[nH]1. The lowest BCUT2D eigenvalue weighted by atomic mass is 10.2. The van der Waals surface area contributed by atoms with Crippen molar-refractivity contribution in [3.8, 4) is 0 Å². The van der Waals surface area contributed by atoms with E-state index in [2.05, 4.69) is 20.5 Å². The molecular weight excluding hydrogens is 236 g/mol. The van der Waals surface area contributed by atoms with Crippen LogP contribution in [0, 0.1) is 10.1 Å². The van der Waals surface area contributed by atoms with E-state index < -0.39 is 4.92 Å². The molecule has 1 aromatic heterocycles. The first kappa shape index (κ1) is 11.8.